The molecule has 5 nitrogen and oxygen atoms in total. The molecule has 0 unspecified atom stereocenters. The molecule has 1 saturated heterocycles. The number of nitrogens with one attached hydrogen (secondary N) is 2. The van der Waals surface area contributed by atoms with Crippen LogP contribution in [0, 0.1) is 0 Å². The summed E-state index contributed by atoms with van der Waals surface area (Å²) in [6, 6.07) is 16.8. The molecule has 0 aliphatic carbocycles. The van der Waals surface area contributed by atoms with Crippen LogP contribution >= 0.6 is 11.8 Å². The van der Waals surface area contributed by atoms with Crippen LogP contribution in [0.2, 0.25) is 0 Å². The van der Waals surface area contributed by atoms with E-state index in [4.69, 9.17) is 0 Å². The largest absolute Gasteiger partial charge is 0.355 e. The topological polar surface area (TPSA) is 47.6 Å². The van der Waals surface area contributed by atoms with Crippen LogP contribution in [0.5, 0.6) is 0 Å². The lowest BCUT2D eigenvalue weighted by atomic mass is 10.2. The normalized spacial score (nSPS) is 16.5. The third-order valence-corrected chi connectivity index (χ3v) is 6.18. The first-order valence-electron chi connectivity index (χ1n) is 9.64. The van der Waals surface area contributed by atoms with E-state index in [1.54, 1.807) is 11.8 Å². The quantitative estimate of drug-likeness (QED) is 0.804. The number of anilines is 2. The molecule has 4 rings (SSSR count). The number of benzene rings is 2. The maximum Gasteiger partial charge on any atom is 0.221 e. The van der Waals surface area contributed by atoms with Crippen LogP contribution < -0.4 is 15.5 Å². The number of carbonyl (C=O) groups is 1. The molecule has 142 valence electrons. The summed E-state index contributed by atoms with van der Waals surface area (Å²) >= 11 is 1.80. The van der Waals surface area contributed by atoms with Crippen molar-refractivity contribution in [1.29, 1.82) is 0 Å². The summed E-state index contributed by atoms with van der Waals surface area (Å²) in [6.45, 7) is 6.55. The first-order valence-corrected chi connectivity index (χ1v) is 10.5. The minimum absolute atomic E-state index is 0.123. The molecule has 0 spiro atoms. The van der Waals surface area contributed by atoms with Gasteiger partial charge in [-0.2, -0.15) is 0 Å². The molecule has 2 aliphatic rings. The Morgan fingerprint density at radius 3 is 2.26 bits per heavy atom. The second kappa shape index (κ2) is 8.78. The Morgan fingerprint density at radius 1 is 0.963 bits per heavy atom. The fourth-order valence-electron chi connectivity index (χ4n) is 3.61. The van der Waals surface area contributed by atoms with Gasteiger partial charge in [-0.05, 0) is 24.3 Å². The lowest BCUT2D eigenvalue weighted by molar-refractivity contribution is -0.120. The molecule has 0 bridgehead atoms. The highest BCUT2D eigenvalue weighted by Gasteiger charge is 2.23. The summed E-state index contributed by atoms with van der Waals surface area (Å²) in [4.78, 5) is 19.5. The summed E-state index contributed by atoms with van der Waals surface area (Å²) in [5, 5.41) is 6.44. The Kier molecular flexibility index (Phi) is 5.97. The van der Waals surface area contributed by atoms with Gasteiger partial charge < -0.3 is 15.5 Å². The van der Waals surface area contributed by atoms with Crippen LogP contribution in [0.25, 0.3) is 0 Å². The van der Waals surface area contributed by atoms with Crippen molar-refractivity contribution in [3.63, 3.8) is 0 Å². The minimum Gasteiger partial charge on any atom is -0.355 e. The van der Waals surface area contributed by atoms with E-state index < -0.39 is 0 Å². The van der Waals surface area contributed by atoms with Crippen LogP contribution in [0.1, 0.15) is 6.42 Å². The zero-order valence-electron chi connectivity index (χ0n) is 15.5. The van der Waals surface area contributed by atoms with Crippen molar-refractivity contribution in [3.8, 4) is 0 Å². The summed E-state index contributed by atoms with van der Waals surface area (Å²) in [5.41, 5.74) is 2.38. The van der Waals surface area contributed by atoms with Gasteiger partial charge in [-0.3, -0.25) is 9.69 Å². The molecule has 2 heterocycles. The highest BCUT2D eigenvalue weighted by Crippen LogP contribution is 2.47. The van der Waals surface area contributed by atoms with Crippen molar-refractivity contribution in [2.45, 2.75) is 16.2 Å². The molecule has 2 aromatic rings. The molecule has 0 aromatic heterocycles. The predicted octanol–water partition coefficient (Wildman–Crippen LogP) is 2.70. The van der Waals surface area contributed by atoms with E-state index in [1.165, 1.54) is 21.2 Å². The Balaban J connectivity index is 1.34. The average molecular weight is 383 g/mol. The number of para-hydroxylation sites is 2. The molecule has 0 saturated carbocycles. The van der Waals surface area contributed by atoms with Gasteiger partial charge >= 0.3 is 0 Å². The minimum atomic E-state index is 0.123. The summed E-state index contributed by atoms with van der Waals surface area (Å²) < 4.78 is 0. The zero-order chi connectivity index (χ0) is 18.5. The smallest absolute Gasteiger partial charge is 0.221 e. The van der Waals surface area contributed by atoms with Crippen molar-refractivity contribution < 1.29 is 4.79 Å². The van der Waals surface area contributed by atoms with Crippen molar-refractivity contribution in [3.05, 3.63) is 48.5 Å². The molecular weight excluding hydrogens is 356 g/mol. The second-order valence-electron chi connectivity index (χ2n) is 6.88. The molecule has 2 N–H and O–H groups in total. The van der Waals surface area contributed by atoms with E-state index in [0.29, 0.717) is 13.0 Å². The van der Waals surface area contributed by atoms with E-state index in [9.17, 15) is 4.79 Å². The lowest BCUT2D eigenvalue weighted by Gasteiger charge is -2.32. The van der Waals surface area contributed by atoms with Gasteiger partial charge in [0.25, 0.3) is 0 Å². The number of hydrogen-bond acceptors (Lipinski definition) is 5. The maximum absolute atomic E-state index is 12.4. The average Bonchev–Trinajstić information content (AvgIpc) is 2.72. The van der Waals surface area contributed by atoms with Gasteiger partial charge in [-0.1, -0.05) is 36.0 Å². The van der Waals surface area contributed by atoms with Crippen LogP contribution in [-0.4, -0.2) is 56.6 Å². The summed E-state index contributed by atoms with van der Waals surface area (Å²) in [5.74, 6) is 0.123. The number of nitrogens with zero attached hydrogens (tertiary/aromatic N) is 2. The van der Waals surface area contributed by atoms with Crippen LogP contribution in [0.15, 0.2) is 58.3 Å². The number of piperazine rings is 1. The molecule has 0 atom stereocenters. The highest BCUT2D eigenvalue weighted by atomic mass is 32.2. The number of rotatable bonds is 6. The van der Waals surface area contributed by atoms with Crippen molar-refractivity contribution in [2.24, 2.45) is 0 Å². The van der Waals surface area contributed by atoms with Gasteiger partial charge in [0, 0.05) is 62.0 Å². The first-order chi connectivity index (χ1) is 13.3. The molecule has 1 amide bonds. The Morgan fingerprint density at radius 2 is 1.59 bits per heavy atom. The molecule has 0 radical (unpaired) electrons. The summed E-state index contributed by atoms with van der Waals surface area (Å²) in [6.07, 6.45) is 0.495. The van der Waals surface area contributed by atoms with Gasteiger partial charge in [0.15, 0.2) is 0 Å². The SMILES string of the molecule is O=C(CCN1c2ccccc2Sc2ccccc21)NCCN1CCNCC1. The Labute approximate surface area is 165 Å². The van der Waals surface area contributed by atoms with Gasteiger partial charge in [-0.15, -0.1) is 0 Å². The predicted molar refractivity (Wildman–Crippen MR) is 111 cm³/mol. The van der Waals surface area contributed by atoms with Gasteiger partial charge in [0.05, 0.1) is 11.4 Å². The standard InChI is InChI=1S/C21H26N4OS/c26-21(23-12-16-24-14-10-22-11-15-24)9-13-25-17-5-1-3-7-19(17)27-20-8-4-2-6-18(20)25/h1-8,22H,9-16H2,(H,23,26). The van der Waals surface area contributed by atoms with E-state index >= 15 is 0 Å². The molecule has 2 aliphatic heterocycles. The number of hydrogen-bond donors (Lipinski definition) is 2. The monoisotopic (exact) mass is 382 g/mol. The van der Waals surface area contributed by atoms with Gasteiger partial charge in [-0.25, -0.2) is 0 Å². The van der Waals surface area contributed by atoms with Crippen molar-refractivity contribution in [2.75, 3.05) is 50.7 Å². The van der Waals surface area contributed by atoms with Crippen molar-refractivity contribution in [1.82, 2.24) is 15.5 Å². The molecular formula is C21H26N4OS. The third kappa shape index (κ3) is 4.46. The zero-order valence-corrected chi connectivity index (χ0v) is 16.3. The first kappa shape index (κ1) is 18.3. The van der Waals surface area contributed by atoms with Crippen LogP contribution in [-0.2, 0) is 4.79 Å². The van der Waals surface area contributed by atoms with E-state index in [2.05, 4.69) is 69.0 Å². The fourth-order valence-corrected chi connectivity index (χ4v) is 4.71. The fraction of sp³-hybridized carbons (Fsp3) is 0.381. The van der Waals surface area contributed by atoms with E-state index in [0.717, 1.165) is 39.3 Å². The van der Waals surface area contributed by atoms with Crippen molar-refractivity contribution >= 4 is 29.0 Å². The molecule has 6 heteroatoms. The molecule has 1 fully saturated rings. The number of carbonyl (C=O) groups excluding carboxylic acids is 1. The maximum atomic E-state index is 12.4. The molecule has 27 heavy (non-hydrogen) atoms. The number of amides is 1. The van der Waals surface area contributed by atoms with Crippen LogP contribution in [0.4, 0.5) is 11.4 Å². The lowest BCUT2D eigenvalue weighted by Crippen LogP contribution is -2.46. The third-order valence-electron chi connectivity index (χ3n) is 5.05. The Hall–Kier alpha value is -2.02. The van der Waals surface area contributed by atoms with E-state index in [1.807, 2.05) is 0 Å². The van der Waals surface area contributed by atoms with Gasteiger partial charge in [0.2, 0.25) is 5.91 Å². The van der Waals surface area contributed by atoms with Crippen LogP contribution in [0.3, 0.4) is 0 Å². The summed E-state index contributed by atoms with van der Waals surface area (Å²) in [7, 11) is 0. The molecule has 2 aromatic carbocycles. The highest BCUT2D eigenvalue weighted by molar-refractivity contribution is 7.99. The van der Waals surface area contributed by atoms with E-state index in [-0.39, 0.29) is 5.91 Å². The van der Waals surface area contributed by atoms with Gasteiger partial charge in [0.1, 0.15) is 0 Å². The Bertz CT molecular complexity index is 746. The second-order valence-corrected chi connectivity index (χ2v) is 7.96. The number of fused-ring (bicyclic) bond motifs is 2.